The summed E-state index contributed by atoms with van der Waals surface area (Å²) in [6.45, 7) is 7.16. The van der Waals surface area contributed by atoms with E-state index in [1.807, 2.05) is 13.1 Å². The van der Waals surface area contributed by atoms with Crippen LogP contribution in [0.15, 0.2) is 36.5 Å². The summed E-state index contributed by atoms with van der Waals surface area (Å²) in [5.41, 5.74) is 5.68. The molecule has 1 heterocycles. The SMILES string of the molecule is CCN(c1cccc(C)c1)c1cc(C)ncc1CCl. The number of halogens is 1. The summed E-state index contributed by atoms with van der Waals surface area (Å²) in [5, 5.41) is 0. The molecule has 0 amide bonds. The van der Waals surface area contributed by atoms with Crippen LogP contribution in [0.2, 0.25) is 0 Å². The molecule has 2 rings (SSSR count). The Bertz CT molecular complexity index is 566. The van der Waals surface area contributed by atoms with Gasteiger partial charge in [0, 0.05) is 35.4 Å². The maximum atomic E-state index is 6.04. The molecule has 2 aromatic rings. The summed E-state index contributed by atoms with van der Waals surface area (Å²) in [6, 6.07) is 10.6. The lowest BCUT2D eigenvalue weighted by molar-refractivity contribution is 0.997. The molecule has 0 saturated carbocycles. The Balaban J connectivity index is 2.50. The maximum Gasteiger partial charge on any atom is 0.0510 e. The minimum atomic E-state index is 0.477. The molecule has 0 spiro atoms. The Morgan fingerprint density at radius 3 is 2.63 bits per heavy atom. The van der Waals surface area contributed by atoms with E-state index in [1.54, 1.807) is 0 Å². The lowest BCUT2D eigenvalue weighted by atomic mass is 10.1. The van der Waals surface area contributed by atoms with Crippen molar-refractivity contribution in [3.63, 3.8) is 0 Å². The number of aryl methyl sites for hydroxylation is 2. The number of hydrogen-bond acceptors (Lipinski definition) is 2. The molecule has 100 valence electrons. The molecule has 0 saturated heterocycles. The molecule has 1 aromatic carbocycles. The number of nitrogens with zero attached hydrogens (tertiary/aromatic N) is 2. The van der Waals surface area contributed by atoms with Crippen LogP contribution in [-0.4, -0.2) is 11.5 Å². The third-order valence-corrected chi connectivity index (χ3v) is 3.45. The van der Waals surface area contributed by atoms with Crippen LogP contribution in [0.1, 0.15) is 23.7 Å². The molecule has 19 heavy (non-hydrogen) atoms. The molecule has 0 aliphatic rings. The summed E-state index contributed by atoms with van der Waals surface area (Å²) < 4.78 is 0. The topological polar surface area (TPSA) is 16.1 Å². The van der Waals surface area contributed by atoms with Gasteiger partial charge in [-0.2, -0.15) is 0 Å². The standard InChI is InChI=1S/C16H19ClN2/c1-4-19(15-7-5-6-12(2)8-15)16-9-13(3)18-11-14(16)10-17/h5-9,11H,4,10H2,1-3H3. The molecule has 3 heteroatoms. The molecule has 0 fully saturated rings. The van der Waals surface area contributed by atoms with Crippen molar-refractivity contribution in [1.82, 2.24) is 4.98 Å². The van der Waals surface area contributed by atoms with Crippen molar-refractivity contribution in [2.75, 3.05) is 11.4 Å². The van der Waals surface area contributed by atoms with Gasteiger partial charge in [-0.25, -0.2) is 0 Å². The molecule has 0 aliphatic heterocycles. The second-order valence-electron chi connectivity index (χ2n) is 4.67. The fraction of sp³-hybridized carbons (Fsp3) is 0.312. The van der Waals surface area contributed by atoms with Crippen LogP contribution in [0.5, 0.6) is 0 Å². The van der Waals surface area contributed by atoms with E-state index in [0.29, 0.717) is 5.88 Å². The first kappa shape index (κ1) is 13.9. The fourth-order valence-electron chi connectivity index (χ4n) is 2.22. The van der Waals surface area contributed by atoms with Crippen molar-refractivity contribution in [1.29, 1.82) is 0 Å². The summed E-state index contributed by atoms with van der Waals surface area (Å²) in [4.78, 5) is 6.60. The van der Waals surface area contributed by atoms with Crippen LogP contribution in [0.25, 0.3) is 0 Å². The first-order valence-corrected chi connectivity index (χ1v) is 7.05. The van der Waals surface area contributed by atoms with Gasteiger partial charge in [0.15, 0.2) is 0 Å². The second kappa shape index (κ2) is 6.07. The van der Waals surface area contributed by atoms with Gasteiger partial charge in [0.2, 0.25) is 0 Å². The van der Waals surface area contributed by atoms with Crippen LogP contribution in [0, 0.1) is 13.8 Å². The van der Waals surface area contributed by atoms with E-state index in [0.717, 1.165) is 23.5 Å². The van der Waals surface area contributed by atoms with Gasteiger partial charge in [-0.1, -0.05) is 12.1 Å². The Hall–Kier alpha value is -1.54. The normalized spacial score (nSPS) is 10.5. The predicted molar refractivity (Wildman–Crippen MR) is 82.4 cm³/mol. The Labute approximate surface area is 120 Å². The molecular formula is C16H19ClN2. The van der Waals surface area contributed by atoms with Gasteiger partial charge >= 0.3 is 0 Å². The van der Waals surface area contributed by atoms with Crippen molar-refractivity contribution in [2.24, 2.45) is 0 Å². The van der Waals surface area contributed by atoms with Gasteiger partial charge < -0.3 is 4.90 Å². The van der Waals surface area contributed by atoms with E-state index in [4.69, 9.17) is 11.6 Å². The zero-order chi connectivity index (χ0) is 13.8. The van der Waals surface area contributed by atoms with E-state index in [-0.39, 0.29) is 0 Å². The highest BCUT2D eigenvalue weighted by Crippen LogP contribution is 2.30. The van der Waals surface area contributed by atoms with E-state index in [1.165, 1.54) is 11.3 Å². The highest BCUT2D eigenvalue weighted by molar-refractivity contribution is 6.17. The molecule has 2 nitrogen and oxygen atoms in total. The molecule has 0 atom stereocenters. The molecule has 0 N–H and O–H groups in total. The lowest BCUT2D eigenvalue weighted by Gasteiger charge is -2.26. The van der Waals surface area contributed by atoms with E-state index >= 15 is 0 Å². The van der Waals surface area contributed by atoms with Crippen LogP contribution < -0.4 is 4.90 Å². The highest BCUT2D eigenvalue weighted by atomic mass is 35.5. The third kappa shape index (κ3) is 3.07. The lowest BCUT2D eigenvalue weighted by Crippen LogP contribution is -2.18. The average molecular weight is 275 g/mol. The molecule has 0 aliphatic carbocycles. The fourth-order valence-corrected chi connectivity index (χ4v) is 2.42. The van der Waals surface area contributed by atoms with Gasteiger partial charge in [-0.05, 0) is 44.5 Å². The quantitative estimate of drug-likeness (QED) is 0.758. The molecular weight excluding hydrogens is 256 g/mol. The third-order valence-electron chi connectivity index (χ3n) is 3.16. The van der Waals surface area contributed by atoms with E-state index in [9.17, 15) is 0 Å². The van der Waals surface area contributed by atoms with Crippen LogP contribution in [0.4, 0.5) is 11.4 Å². The molecule has 0 bridgehead atoms. The summed E-state index contributed by atoms with van der Waals surface area (Å²) >= 11 is 6.04. The number of benzene rings is 1. The highest BCUT2D eigenvalue weighted by Gasteiger charge is 2.12. The van der Waals surface area contributed by atoms with Gasteiger partial charge in [0.25, 0.3) is 0 Å². The van der Waals surface area contributed by atoms with Crippen molar-refractivity contribution >= 4 is 23.0 Å². The minimum Gasteiger partial charge on any atom is -0.341 e. The molecule has 1 aromatic heterocycles. The largest absolute Gasteiger partial charge is 0.341 e. The van der Waals surface area contributed by atoms with Gasteiger partial charge in [0.05, 0.1) is 5.88 Å². The second-order valence-corrected chi connectivity index (χ2v) is 4.94. The van der Waals surface area contributed by atoms with Crippen molar-refractivity contribution in [3.05, 3.63) is 53.3 Å². The van der Waals surface area contributed by atoms with Gasteiger partial charge in [-0.15, -0.1) is 11.6 Å². The smallest absolute Gasteiger partial charge is 0.0510 e. The number of aromatic nitrogens is 1. The number of alkyl halides is 1. The zero-order valence-corrected chi connectivity index (χ0v) is 12.4. The van der Waals surface area contributed by atoms with Gasteiger partial charge in [0.1, 0.15) is 0 Å². The number of hydrogen-bond donors (Lipinski definition) is 0. The zero-order valence-electron chi connectivity index (χ0n) is 11.7. The molecule has 0 unspecified atom stereocenters. The van der Waals surface area contributed by atoms with E-state index < -0.39 is 0 Å². The first-order valence-electron chi connectivity index (χ1n) is 6.51. The number of pyridine rings is 1. The minimum absolute atomic E-state index is 0.477. The van der Waals surface area contributed by atoms with Crippen molar-refractivity contribution in [2.45, 2.75) is 26.7 Å². The Morgan fingerprint density at radius 2 is 2.00 bits per heavy atom. The predicted octanol–water partition coefficient (Wildman–Crippen LogP) is 4.60. The molecule has 0 radical (unpaired) electrons. The monoisotopic (exact) mass is 274 g/mol. The average Bonchev–Trinajstić information content (AvgIpc) is 2.40. The van der Waals surface area contributed by atoms with Crippen LogP contribution in [0.3, 0.4) is 0 Å². The maximum absolute atomic E-state index is 6.04. The van der Waals surface area contributed by atoms with E-state index in [2.05, 4.69) is 54.1 Å². The van der Waals surface area contributed by atoms with Crippen molar-refractivity contribution in [3.8, 4) is 0 Å². The Kier molecular flexibility index (Phi) is 4.43. The number of anilines is 2. The van der Waals surface area contributed by atoms with Gasteiger partial charge in [-0.3, -0.25) is 4.98 Å². The number of rotatable bonds is 4. The first-order chi connectivity index (χ1) is 9.15. The Morgan fingerprint density at radius 1 is 1.21 bits per heavy atom. The summed E-state index contributed by atoms with van der Waals surface area (Å²) in [5.74, 6) is 0.477. The van der Waals surface area contributed by atoms with Crippen LogP contribution in [-0.2, 0) is 5.88 Å². The van der Waals surface area contributed by atoms with Crippen molar-refractivity contribution < 1.29 is 0 Å². The van der Waals surface area contributed by atoms with Crippen LogP contribution >= 0.6 is 11.6 Å². The summed E-state index contributed by atoms with van der Waals surface area (Å²) in [7, 11) is 0. The summed E-state index contributed by atoms with van der Waals surface area (Å²) in [6.07, 6.45) is 1.87.